The predicted molar refractivity (Wildman–Crippen MR) is 46.7 cm³/mol. The van der Waals surface area contributed by atoms with Crippen molar-refractivity contribution in [3.63, 3.8) is 0 Å². The van der Waals surface area contributed by atoms with Gasteiger partial charge in [-0.25, -0.2) is 5.48 Å². The van der Waals surface area contributed by atoms with E-state index in [0.717, 1.165) is 0 Å². The van der Waals surface area contributed by atoms with Crippen LogP contribution in [0.4, 0.5) is 0 Å². The lowest BCUT2D eigenvalue weighted by Gasteiger charge is -2.13. The molecule has 0 spiro atoms. The van der Waals surface area contributed by atoms with Crippen LogP contribution in [0.2, 0.25) is 0 Å². The standard InChI is InChI=1S/C8H16N2O3/c1-5(2)3-6(8(9)12)4-7(11)10-13/h5-6,13H,3-4H2,1-2H3,(H2,9,12)(H,10,11)/t6-/m1/s1. The zero-order valence-corrected chi connectivity index (χ0v) is 7.91. The summed E-state index contributed by atoms with van der Waals surface area (Å²) < 4.78 is 0. The summed E-state index contributed by atoms with van der Waals surface area (Å²) in [6.45, 7) is 3.87. The van der Waals surface area contributed by atoms with Crippen LogP contribution < -0.4 is 11.2 Å². The van der Waals surface area contributed by atoms with E-state index in [-0.39, 0.29) is 6.42 Å². The average Bonchev–Trinajstić information content (AvgIpc) is 2.02. The van der Waals surface area contributed by atoms with Crippen LogP contribution in [-0.4, -0.2) is 17.0 Å². The largest absolute Gasteiger partial charge is 0.369 e. The summed E-state index contributed by atoms with van der Waals surface area (Å²) in [4.78, 5) is 21.6. The first-order valence-electron chi connectivity index (χ1n) is 4.19. The van der Waals surface area contributed by atoms with E-state index >= 15 is 0 Å². The molecular weight excluding hydrogens is 172 g/mol. The minimum absolute atomic E-state index is 0.0516. The van der Waals surface area contributed by atoms with E-state index in [4.69, 9.17) is 10.9 Å². The maximum absolute atomic E-state index is 10.8. The van der Waals surface area contributed by atoms with Crippen LogP contribution in [0.1, 0.15) is 26.7 Å². The van der Waals surface area contributed by atoms with Gasteiger partial charge in [-0.3, -0.25) is 14.8 Å². The fourth-order valence-corrected chi connectivity index (χ4v) is 1.14. The van der Waals surface area contributed by atoms with Crippen molar-refractivity contribution in [1.82, 2.24) is 5.48 Å². The van der Waals surface area contributed by atoms with Crippen molar-refractivity contribution in [3.8, 4) is 0 Å². The molecule has 0 rings (SSSR count). The number of hydrogen-bond donors (Lipinski definition) is 3. The molecule has 4 N–H and O–H groups in total. The number of nitrogens with two attached hydrogens (primary N) is 1. The molecule has 0 saturated heterocycles. The van der Waals surface area contributed by atoms with Crippen molar-refractivity contribution in [3.05, 3.63) is 0 Å². The fourth-order valence-electron chi connectivity index (χ4n) is 1.14. The van der Waals surface area contributed by atoms with Crippen LogP contribution in [-0.2, 0) is 9.59 Å². The lowest BCUT2D eigenvalue weighted by atomic mass is 9.93. The van der Waals surface area contributed by atoms with Gasteiger partial charge in [0.25, 0.3) is 0 Å². The Bertz CT molecular complexity index is 192. The molecule has 0 aromatic carbocycles. The highest BCUT2D eigenvalue weighted by atomic mass is 16.5. The van der Waals surface area contributed by atoms with Gasteiger partial charge >= 0.3 is 0 Å². The molecule has 5 heteroatoms. The molecule has 0 heterocycles. The van der Waals surface area contributed by atoms with Crippen molar-refractivity contribution >= 4 is 11.8 Å². The molecule has 0 aliphatic rings. The quantitative estimate of drug-likeness (QED) is 0.419. The molecule has 0 fully saturated rings. The molecule has 0 unspecified atom stereocenters. The maximum atomic E-state index is 10.8. The Morgan fingerprint density at radius 3 is 2.31 bits per heavy atom. The molecule has 0 bridgehead atoms. The molecule has 0 aromatic heterocycles. The molecule has 0 saturated carbocycles. The van der Waals surface area contributed by atoms with Crippen molar-refractivity contribution in [2.45, 2.75) is 26.7 Å². The molecule has 1 atom stereocenters. The first-order chi connectivity index (χ1) is 5.97. The van der Waals surface area contributed by atoms with E-state index in [1.165, 1.54) is 5.48 Å². The van der Waals surface area contributed by atoms with Crippen molar-refractivity contribution in [2.75, 3.05) is 0 Å². The highest BCUT2D eigenvalue weighted by Gasteiger charge is 2.20. The lowest BCUT2D eigenvalue weighted by molar-refractivity contribution is -0.134. The van der Waals surface area contributed by atoms with Crippen LogP contribution in [0.15, 0.2) is 0 Å². The van der Waals surface area contributed by atoms with Gasteiger partial charge < -0.3 is 5.73 Å². The van der Waals surface area contributed by atoms with E-state index in [0.29, 0.717) is 12.3 Å². The summed E-state index contributed by atoms with van der Waals surface area (Å²) in [6, 6.07) is 0. The SMILES string of the molecule is CC(C)C[C@H](CC(=O)NO)C(N)=O. The molecule has 0 aromatic rings. The number of hydroxylamine groups is 1. The summed E-state index contributed by atoms with van der Waals surface area (Å²) in [5, 5.41) is 8.25. The first-order valence-corrected chi connectivity index (χ1v) is 4.19. The number of carbonyl (C=O) groups is 2. The number of nitrogens with one attached hydrogen (secondary N) is 1. The predicted octanol–water partition coefficient (Wildman–Crippen LogP) is 0.0295. The highest BCUT2D eigenvalue weighted by Crippen LogP contribution is 2.14. The molecule has 2 amide bonds. The van der Waals surface area contributed by atoms with Crippen molar-refractivity contribution in [1.29, 1.82) is 0 Å². The zero-order valence-electron chi connectivity index (χ0n) is 7.91. The molecule has 0 radical (unpaired) electrons. The van der Waals surface area contributed by atoms with Gasteiger partial charge in [0.2, 0.25) is 11.8 Å². The van der Waals surface area contributed by atoms with E-state index < -0.39 is 17.7 Å². The van der Waals surface area contributed by atoms with Crippen molar-refractivity contribution in [2.24, 2.45) is 17.6 Å². The topological polar surface area (TPSA) is 92.4 Å². The Labute approximate surface area is 77.3 Å². The van der Waals surface area contributed by atoms with Gasteiger partial charge in [-0.2, -0.15) is 0 Å². The maximum Gasteiger partial charge on any atom is 0.244 e. The van der Waals surface area contributed by atoms with Gasteiger partial charge in [0.05, 0.1) is 0 Å². The Morgan fingerprint density at radius 1 is 1.46 bits per heavy atom. The number of hydrogen-bond acceptors (Lipinski definition) is 3. The second-order valence-electron chi connectivity index (χ2n) is 3.47. The Morgan fingerprint density at radius 2 is 2.00 bits per heavy atom. The molecule has 13 heavy (non-hydrogen) atoms. The Hall–Kier alpha value is -1.10. The third-order valence-corrected chi connectivity index (χ3v) is 1.71. The highest BCUT2D eigenvalue weighted by molar-refractivity contribution is 5.84. The van der Waals surface area contributed by atoms with E-state index in [2.05, 4.69) is 0 Å². The summed E-state index contributed by atoms with van der Waals surface area (Å²) in [6.07, 6.45) is 0.507. The first kappa shape index (κ1) is 11.9. The minimum atomic E-state index is -0.579. The third-order valence-electron chi connectivity index (χ3n) is 1.71. The van der Waals surface area contributed by atoms with Gasteiger partial charge in [-0.1, -0.05) is 13.8 Å². The third kappa shape index (κ3) is 5.19. The van der Waals surface area contributed by atoms with E-state index in [1.807, 2.05) is 13.8 Å². The van der Waals surface area contributed by atoms with Gasteiger partial charge in [0, 0.05) is 12.3 Å². The molecular formula is C8H16N2O3. The summed E-state index contributed by atoms with van der Waals surface area (Å²) >= 11 is 0. The van der Waals surface area contributed by atoms with Gasteiger partial charge in [-0.15, -0.1) is 0 Å². The van der Waals surface area contributed by atoms with Gasteiger partial charge in [0.15, 0.2) is 0 Å². The van der Waals surface area contributed by atoms with Gasteiger partial charge in [0.1, 0.15) is 0 Å². The summed E-state index contributed by atoms with van der Waals surface area (Å²) in [5.41, 5.74) is 6.56. The Balaban J connectivity index is 4.10. The van der Waals surface area contributed by atoms with E-state index in [1.54, 1.807) is 0 Å². The van der Waals surface area contributed by atoms with Gasteiger partial charge in [-0.05, 0) is 12.3 Å². The van der Waals surface area contributed by atoms with Crippen molar-refractivity contribution < 1.29 is 14.8 Å². The number of carbonyl (C=O) groups excluding carboxylic acids is 2. The van der Waals surface area contributed by atoms with Crippen LogP contribution in [0, 0.1) is 11.8 Å². The smallest absolute Gasteiger partial charge is 0.244 e. The zero-order chi connectivity index (χ0) is 10.4. The fraction of sp³-hybridized carbons (Fsp3) is 0.750. The minimum Gasteiger partial charge on any atom is -0.369 e. The lowest BCUT2D eigenvalue weighted by Crippen LogP contribution is -2.30. The molecule has 76 valence electrons. The van der Waals surface area contributed by atoms with Crippen LogP contribution in [0.3, 0.4) is 0 Å². The second-order valence-corrected chi connectivity index (χ2v) is 3.47. The monoisotopic (exact) mass is 188 g/mol. The number of amides is 2. The van der Waals surface area contributed by atoms with Crippen LogP contribution in [0.25, 0.3) is 0 Å². The van der Waals surface area contributed by atoms with Crippen LogP contribution >= 0.6 is 0 Å². The van der Waals surface area contributed by atoms with E-state index in [9.17, 15) is 9.59 Å². The number of rotatable bonds is 5. The van der Waals surface area contributed by atoms with Crippen LogP contribution in [0.5, 0.6) is 0 Å². The molecule has 5 nitrogen and oxygen atoms in total. The second kappa shape index (κ2) is 5.53. The summed E-state index contributed by atoms with van der Waals surface area (Å²) in [7, 11) is 0. The summed E-state index contributed by atoms with van der Waals surface area (Å²) in [5.74, 6) is -1.28. The normalized spacial score (nSPS) is 12.6. The average molecular weight is 188 g/mol. The molecule has 0 aliphatic carbocycles. The number of primary amides is 1. The molecule has 0 aliphatic heterocycles. The Kier molecular flexibility index (Phi) is 5.06.